The Hall–Kier alpha value is -1.59. The highest BCUT2D eigenvalue weighted by atomic mass is 16.6. The largest absolute Gasteiger partial charge is 0.462 e. The second-order valence-corrected chi connectivity index (χ2v) is 19.7. The quantitative estimate of drug-likeness (QED) is 0.0345. The molecule has 0 fully saturated rings. The minimum atomic E-state index is -0.763. The first-order valence-electron chi connectivity index (χ1n) is 26.6. The van der Waals surface area contributed by atoms with Crippen molar-refractivity contribution in [3.05, 3.63) is 0 Å². The number of ether oxygens (including phenoxy) is 3. The molecule has 0 N–H and O–H groups in total. The van der Waals surface area contributed by atoms with Gasteiger partial charge in [-0.05, 0) is 37.0 Å². The van der Waals surface area contributed by atoms with E-state index in [1.54, 1.807) is 0 Å². The smallest absolute Gasteiger partial charge is 0.306 e. The van der Waals surface area contributed by atoms with Crippen molar-refractivity contribution in [2.45, 2.75) is 298 Å². The Morgan fingerprint density at radius 3 is 0.867 bits per heavy atom. The number of hydrogen-bond donors (Lipinski definition) is 0. The average Bonchev–Trinajstić information content (AvgIpc) is 3.22. The molecule has 0 heterocycles. The van der Waals surface area contributed by atoms with Gasteiger partial charge in [0.25, 0.3) is 0 Å². The fourth-order valence-electron chi connectivity index (χ4n) is 8.08. The number of carbonyl (C=O) groups is 3. The molecule has 0 rings (SSSR count). The molecule has 0 aromatic heterocycles. The fourth-order valence-corrected chi connectivity index (χ4v) is 8.08. The molecule has 2 atom stereocenters. The van der Waals surface area contributed by atoms with Crippen molar-refractivity contribution in [1.82, 2.24) is 0 Å². The summed E-state index contributed by atoms with van der Waals surface area (Å²) in [4.78, 5) is 38.0. The molecule has 0 radical (unpaired) electrons. The Labute approximate surface area is 374 Å². The summed E-state index contributed by atoms with van der Waals surface area (Å²) in [6.45, 7) is 13.7. The van der Waals surface area contributed by atoms with Crippen molar-refractivity contribution < 1.29 is 28.6 Å². The van der Waals surface area contributed by atoms with E-state index in [1.165, 1.54) is 173 Å². The highest BCUT2D eigenvalue weighted by Crippen LogP contribution is 2.18. The number of carbonyl (C=O) groups excluding carboxylic acids is 3. The first-order valence-corrected chi connectivity index (χ1v) is 26.6. The lowest BCUT2D eigenvalue weighted by molar-refractivity contribution is -0.167. The molecule has 0 aliphatic heterocycles. The summed E-state index contributed by atoms with van der Waals surface area (Å²) in [5, 5.41) is 0. The van der Waals surface area contributed by atoms with Crippen LogP contribution in [0.25, 0.3) is 0 Å². The van der Waals surface area contributed by atoms with Gasteiger partial charge in [-0.15, -0.1) is 0 Å². The lowest BCUT2D eigenvalue weighted by Gasteiger charge is -2.18. The van der Waals surface area contributed by atoms with Gasteiger partial charge in [-0.3, -0.25) is 14.4 Å². The summed E-state index contributed by atoms with van der Waals surface area (Å²) in [6.07, 6.45) is 45.1. The molecule has 0 bridgehead atoms. The summed E-state index contributed by atoms with van der Waals surface area (Å²) in [6, 6.07) is 0. The van der Waals surface area contributed by atoms with Crippen molar-refractivity contribution >= 4 is 17.9 Å². The fraction of sp³-hybridized carbons (Fsp3) is 0.944. The minimum absolute atomic E-state index is 0.0647. The molecule has 0 spiro atoms. The summed E-state index contributed by atoms with van der Waals surface area (Å²) < 4.78 is 16.8. The number of rotatable bonds is 47. The van der Waals surface area contributed by atoms with E-state index < -0.39 is 6.10 Å². The molecule has 6 nitrogen and oxygen atoms in total. The normalized spacial score (nSPS) is 12.6. The van der Waals surface area contributed by atoms with Gasteiger partial charge >= 0.3 is 17.9 Å². The van der Waals surface area contributed by atoms with E-state index >= 15 is 0 Å². The molecular weight excluding hydrogens is 745 g/mol. The van der Waals surface area contributed by atoms with E-state index in [0.717, 1.165) is 75.5 Å². The van der Waals surface area contributed by atoms with Crippen LogP contribution in [0.3, 0.4) is 0 Å². The van der Waals surface area contributed by atoms with Gasteiger partial charge in [0, 0.05) is 19.3 Å². The van der Waals surface area contributed by atoms with Crippen molar-refractivity contribution in [3.63, 3.8) is 0 Å². The van der Waals surface area contributed by atoms with E-state index in [2.05, 4.69) is 41.5 Å². The highest BCUT2D eigenvalue weighted by Gasteiger charge is 2.19. The Morgan fingerprint density at radius 2 is 0.583 bits per heavy atom. The van der Waals surface area contributed by atoms with E-state index in [9.17, 15) is 14.4 Å². The predicted octanol–water partition coefficient (Wildman–Crippen LogP) is 17.2. The van der Waals surface area contributed by atoms with Gasteiger partial charge in [-0.1, -0.05) is 253 Å². The lowest BCUT2D eigenvalue weighted by Crippen LogP contribution is -2.30. The average molecular weight is 849 g/mol. The summed E-state index contributed by atoms with van der Waals surface area (Å²) >= 11 is 0. The number of hydrogen-bond acceptors (Lipinski definition) is 6. The number of esters is 3. The van der Waals surface area contributed by atoms with Crippen LogP contribution in [-0.2, 0) is 28.6 Å². The molecule has 356 valence electrons. The maximum absolute atomic E-state index is 12.8. The van der Waals surface area contributed by atoms with Gasteiger partial charge < -0.3 is 14.2 Å². The van der Waals surface area contributed by atoms with E-state index in [-0.39, 0.29) is 31.1 Å². The maximum Gasteiger partial charge on any atom is 0.306 e. The third kappa shape index (κ3) is 45.9. The zero-order valence-electron chi connectivity index (χ0n) is 41.3. The van der Waals surface area contributed by atoms with Gasteiger partial charge in [0.2, 0.25) is 0 Å². The molecule has 60 heavy (non-hydrogen) atoms. The van der Waals surface area contributed by atoms with Gasteiger partial charge in [0.1, 0.15) is 13.2 Å². The number of unbranched alkanes of at least 4 members (excludes halogenated alkanes) is 29. The molecule has 0 aromatic carbocycles. The molecule has 0 aliphatic carbocycles. The molecule has 6 heteroatoms. The summed E-state index contributed by atoms with van der Waals surface area (Å²) in [7, 11) is 0. The van der Waals surface area contributed by atoms with Crippen LogP contribution in [0.4, 0.5) is 0 Å². The Morgan fingerprint density at radius 1 is 0.333 bits per heavy atom. The van der Waals surface area contributed by atoms with Crippen molar-refractivity contribution in [1.29, 1.82) is 0 Å². The van der Waals surface area contributed by atoms with Crippen molar-refractivity contribution in [2.75, 3.05) is 13.2 Å². The van der Waals surface area contributed by atoms with Gasteiger partial charge in [-0.2, -0.15) is 0 Å². The van der Waals surface area contributed by atoms with Crippen LogP contribution in [0.1, 0.15) is 292 Å². The van der Waals surface area contributed by atoms with Crippen molar-refractivity contribution in [3.8, 4) is 0 Å². The third-order valence-corrected chi connectivity index (χ3v) is 12.5. The standard InChI is InChI=1S/C54H104O6/c1-7-50(6)42-36-30-24-20-21-27-33-39-45-54(57)60-51(47-59-53(56)44-38-32-26-19-15-14-17-23-29-35-41-49(4)5)46-58-52(55)43-37-31-25-18-13-11-9-8-10-12-16-22-28-34-40-48(2)3/h48-51H,7-47H2,1-6H3/t50?,51-/m1/s1. The minimum Gasteiger partial charge on any atom is -0.462 e. The Balaban J connectivity index is 4.30. The first-order chi connectivity index (χ1) is 29.1. The molecule has 1 unspecified atom stereocenters. The molecule has 0 aromatic rings. The summed E-state index contributed by atoms with van der Waals surface area (Å²) in [5.74, 6) is 1.66. The summed E-state index contributed by atoms with van der Waals surface area (Å²) in [5.41, 5.74) is 0. The van der Waals surface area contributed by atoms with Crippen molar-refractivity contribution in [2.24, 2.45) is 17.8 Å². The van der Waals surface area contributed by atoms with E-state index in [1.807, 2.05) is 0 Å². The van der Waals surface area contributed by atoms with Crippen LogP contribution in [0, 0.1) is 17.8 Å². The lowest BCUT2D eigenvalue weighted by atomic mass is 9.99. The molecule has 0 saturated heterocycles. The highest BCUT2D eigenvalue weighted by molar-refractivity contribution is 5.71. The second kappa shape index (κ2) is 45.4. The van der Waals surface area contributed by atoms with Crippen LogP contribution in [-0.4, -0.2) is 37.2 Å². The topological polar surface area (TPSA) is 78.9 Å². The van der Waals surface area contributed by atoms with Gasteiger partial charge in [0.15, 0.2) is 6.10 Å². The predicted molar refractivity (Wildman–Crippen MR) is 256 cm³/mol. The van der Waals surface area contributed by atoms with E-state index in [0.29, 0.717) is 19.3 Å². The van der Waals surface area contributed by atoms with Crippen LogP contribution >= 0.6 is 0 Å². The molecule has 0 aliphatic rings. The van der Waals surface area contributed by atoms with Gasteiger partial charge in [0.05, 0.1) is 0 Å². The van der Waals surface area contributed by atoms with Crippen LogP contribution < -0.4 is 0 Å². The SMILES string of the molecule is CCC(C)CCCCCCCCCCC(=O)O[C@H](COC(=O)CCCCCCCCCCCCCCCCC(C)C)COC(=O)CCCCCCCCCCCCC(C)C. The van der Waals surface area contributed by atoms with Gasteiger partial charge in [-0.25, -0.2) is 0 Å². The van der Waals surface area contributed by atoms with E-state index in [4.69, 9.17) is 14.2 Å². The van der Waals surface area contributed by atoms with Crippen LogP contribution in [0.15, 0.2) is 0 Å². The Bertz CT molecular complexity index is 931. The zero-order chi connectivity index (χ0) is 44.2. The van der Waals surface area contributed by atoms with Crippen LogP contribution in [0.2, 0.25) is 0 Å². The monoisotopic (exact) mass is 849 g/mol. The molecule has 0 saturated carbocycles. The first kappa shape index (κ1) is 58.4. The second-order valence-electron chi connectivity index (χ2n) is 19.7. The van der Waals surface area contributed by atoms with Crippen LogP contribution in [0.5, 0.6) is 0 Å². The molecule has 0 amide bonds. The third-order valence-electron chi connectivity index (χ3n) is 12.5. The Kier molecular flexibility index (Phi) is 44.2. The zero-order valence-corrected chi connectivity index (χ0v) is 41.3. The maximum atomic E-state index is 12.8. The molecular formula is C54H104O6.